The van der Waals surface area contributed by atoms with Crippen LogP contribution in [0.25, 0.3) is 0 Å². The first kappa shape index (κ1) is 26.3. The smallest absolute Gasteiger partial charge is 0.329 e. The maximum Gasteiger partial charge on any atom is 0.329 e. The van der Waals surface area contributed by atoms with Crippen LogP contribution in [0.1, 0.15) is 13.3 Å². The van der Waals surface area contributed by atoms with Crippen molar-refractivity contribution < 1.29 is 28.0 Å². The molecule has 1 aromatic carbocycles. The molecule has 11 heteroatoms. The van der Waals surface area contributed by atoms with Crippen LogP contribution in [0.5, 0.6) is 5.75 Å². The van der Waals surface area contributed by atoms with E-state index in [0.29, 0.717) is 5.75 Å². The zero-order chi connectivity index (χ0) is 25.0. The van der Waals surface area contributed by atoms with E-state index in [0.717, 1.165) is 4.31 Å². The number of nitrogens with one attached hydrogen (secondary N) is 2. The zero-order valence-electron chi connectivity index (χ0n) is 18.4. The molecule has 1 aliphatic rings. The van der Waals surface area contributed by atoms with Crippen molar-refractivity contribution in [2.45, 2.75) is 24.3 Å². The SMILES string of the molecule is C#C/C=C/C#CNC(=O)N1CCCN(S(=O)(=O)c2ccc(OCC#CC)cc2)C(C(=O)NO)C1. The van der Waals surface area contributed by atoms with Gasteiger partial charge in [-0.1, -0.05) is 17.8 Å². The fourth-order valence-corrected chi connectivity index (χ4v) is 4.68. The lowest BCUT2D eigenvalue weighted by Gasteiger charge is -2.29. The fourth-order valence-electron chi connectivity index (χ4n) is 3.06. The topological polar surface area (TPSA) is 128 Å². The second kappa shape index (κ2) is 12.9. The van der Waals surface area contributed by atoms with Crippen LogP contribution in [0, 0.1) is 36.1 Å². The molecule has 0 spiro atoms. The summed E-state index contributed by atoms with van der Waals surface area (Å²) in [7, 11) is -4.14. The third kappa shape index (κ3) is 7.03. The predicted molar refractivity (Wildman–Crippen MR) is 123 cm³/mol. The van der Waals surface area contributed by atoms with Crippen LogP contribution in [0.4, 0.5) is 4.79 Å². The standard InChI is InChI=1S/C23H24N4O6S/c1-3-5-7-8-14-24-23(29)26-15-9-16-27(21(18-26)22(28)25-30)34(31,32)20-12-10-19(11-13-20)33-17-6-4-2/h1,5,7,10-13,21,30H,9,15-18H2,2H3,(H,24,29)(H,25,28)/b7-5+. The van der Waals surface area contributed by atoms with Gasteiger partial charge in [0.25, 0.3) is 5.91 Å². The average Bonchev–Trinajstić information content (AvgIpc) is 3.08. The Morgan fingerprint density at radius 2 is 2.00 bits per heavy atom. The number of allylic oxidation sites excluding steroid dienone is 2. The number of benzene rings is 1. The fraction of sp³-hybridized carbons (Fsp3) is 0.304. The van der Waals surface area contributed by atoms with Gasteiger partial charge < -0.3 is 9.64 Å². The van der Waals surface area contributed by atoms with Crippen molar-refractivity contribution in [1.82, 2.24) is 20.0 Å². The molecule has 0 bridgehead atoms. The molecule has 34 heavy (non-hydrogen) atoms. The molecular weight excluding hydrogens is 460 g/mol. The first-order valence-corrected chi connectivity index (χ1v) is 11.5. The van der Waals surface area contributed by atoms with Crippen molar-refractivity contribution in [2.75, 3.05) is 26.2 Å². The van der Waals surface area contributed by atoms with E-state index in [4.69, 9.17) is 11.2 Å². The highest BCUT2D eigenvalue weighted by molar-refractivity contribution is 7.89. The number of rotatable bonds is 5. The number of amides is 3. The van der Waals surface area contributed by atoms with Crippen molar-refractivity contribution in [1.29, 1.82) is 0 Å². The van der Waals surface area contributed by atoms with Gasteiger partial charge in [0.15, 0.2) is 0 Å². The van der Waals surface area contributed by atoms with Crippen LogP contribution in [0.15, 0.2) is 41.3 Å². The van der Waals surface area contributed by atoms with Gasteiger partial charge in [-0.2, -0.15) is 4.31 Å². The first-order valence-electron chi connectivity index (χ1n) is 10.1. The molecule has 3 amide bonds. The molecular formula is C23H24N4O6S. The lowest BCUT2D eigenvalue weighted by Crippen LogP contribution is -2.53. The quantitative estimate of drug-likeness (QED) is 0.242. The first-order chi connectivity index (χ1) is 16.3. The number of nitrogens with zero attached hydrogens (tertiary/aromatic N) is 2. The van der Waals surface area contributed by atoms with Gasteiger partial charge in [0.2, 0.25) is 10.0 Å². The predicted octanol–water partition coefficient (Wildman–Crippen LogP) is 0.519. The summed E-state index contributed by atoms with van der Waals surface area (Å²) >= 11 is 0. The molecule has 2 rings (SSSR count). The number of ether oxygens (including phenoxy) is 1. The maximum atomic E-state index is 13.3. The summed E-state index contributed by atoms with van der Waals surface area (Å²) in [5, 5.41) is 11.6. The van der Waals surface area contributed by atoms with E-state index in [1.54, 1.807) is 6.92 Å². The van der Waals surface area contributed by atoms with Gasteiger partial charge in [-0.25, -0.2) is 18.7 Å². The van der Waals surface area contributed by atoms with E-state index in [1.807, 2.05) is 0 Å². The Hall–Kier alpha value is -3.95. The van der Waals surface area contributed by atoms with E-state index >= 15 is 0 Å². The molecule has 1 unspecified atom stereocenters. The van der Waals surface area contributed by atoms with Crippen LogP contribution in [-0.2, 0) is 14.8 Å². The molecule has 1 aliphatic heterocycles. The molecule has 10 nitrogen and oxygen atoms in total. The van der Waals surface area contributed by atoms with E-state index in [1.165, 1.54) is 46.8 Å². The maximum absolute atomic E-state index is 13.3. The molecule has 1 aromatic rings. The summed E-state index contributed by atoms with van der Waals surface area (Å²) in [6.07, 6.45) is 8.04. The molecule has 0 aliphatic carbocycles. The zero-order valence-corrected chi connectivity index (χ0v) is 19.3. The van der Waals surface area contributed by atoms with Gasteiger partial charge in [-0.15, -0.1) is 12.3 Å². The van der Waals surface area contributed by atoms with Gasteiger partial charge in [0.05, 0.1) is 4.90 Å². The van der Waals surface area contributed by atoms with Crippen molar-refractivity contribution in [3.63, 3.8) is 0 Å². The van der Waals surface area contributed by atoms with Crippen LogP contribution in [-0.4, -0.2) is 67.1 Å². The second-order valence-electron chi connectivity index (χ2n) is 6.79. The summed E-state index contributed by atoms with van der Waals surface area (Å²) in [4.78, 5) is 26.1. The molecule has 0 aromatic heterocycles. The minimum atomic E-state index is -4.14. The number of carbonyl (C=O) groups excluding carboxylic acids is 2. The van der Waals surface area contributed by atoms with Crippen molar-refractivity contribution in [3.8, 4) is 41.9 Å². The Morgan fingerprint density at radius 3 is 2.65 bits per heavy atom. The minimum Gasteiger partial charge on any atom is -0.481 e. The van der Waals surface area contributed by atoms with Gasteiger partial charge in [-0.3, -0.25) is 15.3 Å². The Morgan fingerprint density at radius 1 is 1.26 bits per heavy atom. The molecule has 1 heterocycles. The monoisotopic (exact) mass is 484 g/mol. The Kier molecular flexibility index (Phi) is 10.0. The van der Waals surface area contributed by atoms with Crippen molar-refractivity contribution in [2.24, 2.45) is 0 Å². The number of hydrogen-bond acceptors (Lipinski definition) is 6. The normalized spacial score (nSPS) is 16.1. The van der Waals surface area contributed by atoms with Crippen molar-refractivity contribution >= 4 is 22.0 Å². The van der Waals surface area contributed by atoms with Gasteiger partial charge >= 0.3 is 6.03 Å². The summed E-state index contributed by atoms with van der Waals surface area (Å²) in [5.74, 6) is 9.66. The van der Waals surface area contributed by atoms with Gasteiger partial charge in [-0.05, 0) is 49.8 Å². The van der Waals surface area contributed by atoms with E-state index in [-0.39, 0.29) is 37.6 Å². The Labute approximate surface area is 199 Å². The average molecular weight is 485 g/mol. The lowest BCUT2D eigenvalue weighted by molar-refractivity contribution is -0.133. The third-order valence-electron chi connectivity index (χ3n) is 4.67. The van der Waals surface area contributed by atoms with Crippen LogP contribution < -0.4 is 15.5 Å². The number of carbonyl (C=O) groups is 2. The summed E-state index contributed by atoms with van der Waals surface area (Å²) in [6.45, 7) is 1.66. The van der Waals surface area contributed by atoms with Crippen LogP contribution in [0.2, 0.25) is 0 Å². The number of sulfonamides is 1. The highest BCUT2D eigenvalue weighted by Crippen LogP contribution is 2.24. The molecule has 1 atom stereocenters. The van der Waals surface area contributed by atoms with Crippen LogP contribution >= 0.6 is 0 Å². The molecule has 0 saturated carbocycles. The Bertz CT molecular complexity index is 1180. The highest BCUT2D eigenvalue weighted by atomic mass is 32.2. The van der Waals surface area contributed by atoms with E-state index < -0.39 is 28.0 Å². The number of urea groups is 1. The van der Waals surface area contributed by atoms with Gasteiger partial charge in [0.1, 0.15) is 18.4 Å². The van der Waals surface area contributed by atoms with Crippen molar-refractivity contribution in [3.05, 3.63) is 36.4 Å². The number of hydrogen-bond donors (Lipinski definition) is 3. The second-order valence-corrected chi connectivity index (χ2v) is 8.68. The molecule has 0 radical (unpaired) electrons. The van der Waals surface area contributed by atoms with E-state index in [2.05, 4.69) is 35.0 Å². The van der Waals surface area contributed by atoms with Gasteiger partial charge in [0, 0.05) is 25.7 Å². The number of terminal acetylenes is 1. The summed E-state index contributed by atoms with van der Waals surface area (Å²) < 4.78 is 33.0. The van der Waals surface area contributed by atoms with E-state index in [9.17, 15) is 23.2 Å². The summed E-state index contributed by atoms with van der Waals surface area (Å²) in [5.41, 5.74) is 1.49. The molecule has 178 valence electrons. The minimum absolute atomic E-state index is 0.0505. The molecule has 1 fully saturated rings. The number of hydroxylamine groups is 1. The van der Waals surface area contributed by atoms with Crippen LogP contribution in [0.3, 0.4) is 0 Å². The largest absolute Gasteiger partial charge is 0.481 e. The molecule has 3 N–H and O–H groups in total. The highest BCUT2D eigenvalue weighted by Gasteiger charge is 2.39. The third-order valence-corrected chi connectivity index (χ3v) is 6.59. The lowest BCUT2D eigenvalue weighted by atomic mass is 10.2. The molecule has 1 saturated heterocycles. The Balaban J connectivity index is 2.24. The summed E-state index contributed by atoms with van der Waals surface area (Å²) in [6, 6.07) is 6.10.